The third-order valence-corrected chi connectivity index (χ3v) is 13.8. The van der Waals surface area contributed by atoms with Gasteiger partial charge in [0, 0.05) is 16.1 Å². The van der Waals surface area contributed by atoms with Crippen molar-refractivity contribution in [2.75, 3.05) is 0 Å². The van der Waals surface area contributed by atoms with Crippen LogP contribution in [-0.4, -0.2) is 28.5 Å². The Hall–Kier alpha value is -2.15. The van der Waals surface area contributed by atoms with E-state index in [1.807, 2.05) is 24.8 Å². The smallest absolute Gasteiger partial charge is 0.504 e. The number of hydrogen-bond acceptors (Lipinski definition) is 6. The zero-order chi connectivity index (χ0) is 31.9. The van der Waals surface area contributed by atoms with Crippen LogP contribution in [0.15, 0.2) is 17.7 Å². The van der Waals surface area contributed by atoms with Gasteiger partial charge >= 0.3 is 6.16 Å². The summed E-state index contributed by atoms with van der Waals surface area (Å²) in [5.41, 5.74) is 9.90. The van der Waals surface area contributed by atoms with Crippen LogP contribution in [-0.2, 0) is 14.9 Å². The second kappa shape index (κ2) is 10.5. The van der Waals surface area contributed by atoms with Crippen molar-refractivity contribution in [3.63, 3.8) is 0 Å². The maximum Gasteiger partial charge on any atom is 0.514 e. The number of allylic oxidation sites excluding steroid dienone is 1. The standard InChI is InChI=1S/C36H53NO5S/c1-20(2)41-31(40)42-24-17-23-28(22(5)29(24)38)25(43-21(3)4)18-26-34(23,8)14-16-36(10)27-19-33(7,30(37)39)12-11-32(27,6)13-15-35(26,36)9/h17-18,20-21,25,27,38H,11-16,19H2,1-10H3,(H2,37,39)/t25?,27-,32-,33-,34+,35-,36+/m1/s1. The van der Waals surface area contributed by atoms with Gasteiger partial charge in [0.2, 0.25) is 5.91 Å². The van der Waals surface area contributed by atoms with Crippen LogP contribution in [0, 0.1) is 34.5 Å². The molecule has 0 spiro atoms. The van der Waals surface area contributed by atoms with Gasteiger partial charge in [0.1, 0.15) is 0 Å². The monoisotopic (exact) mass is 611 g/mol. The molecule has 7 heteroatoms. The fourth-order valence-corrected chi connectivity index (χ4v) is 10.9. The molecule has 1 unspecified atom stereocenters. The number of primary amides is 1. The van der Waals surface area contributed by atoms with Crippen LogP contribution in [0.4, 0.5) is 4.79 Å². The van der Waals surface area contributed by atoms with Gasteiger partial charge in [-0.1, -0.05) is 60.1 Å². The van der Waals surface area contributed by atoms with Crippen LogP contribution >= 0.6 is 11.8 Å². The molecule has 0 aliphatic heterocycles. The van der Waals surface area contributed by atoms with Crippen molar-refractivity contribution in [2.24, 2.45) is 33.3 Å². The molecule has 4 aliphatic rings. The van der Waals surface area contributed by atoms with E-state index in [0.29, 0.717) is 11.2 Å². The highest BCUT2D eigenvalue weighted by Gasteiger charge is 2.67. The molecule has 0 radical (unpaired) electrons. The lowest BCUT2D eigenvalue weighted by atomic mass is 9.34. The number of hydrogen-bond donors (Lipinski definition) is 2. The molecule has 6 nitrogen and oxygen atoms in total. The number of carbonyl (C=O) groups excluding carboxylic acids is 2. The third kappa shape index (κ3) is 4.82. The number of benzene rings is 1. The molecule has 0 aromatic heterocycles. The van der Waals surface area contributed by atoms with Gasteiger partial charge in [-0.15, -0.1) is 11.8 Å². The summed E-state index contributed by atoms with van der Waals surface area (Å²) >= 11 is 1.91. The average molecular weight is 612 g/mol. The van der Waals surface area contributed by atoms with E-state index >= 15 is 0 Å². The Kier molecular flexibility index (Phi) is 7.84. The number of thioether (sulfide) groups is 1. The topological polar surface area (TPSA) is 98.8 Å². The Morgan fingerprint density at radius 2 is 1.65 bits per heavy atom. The fourth-order valence-electron chi connectivity index (χ4n) is 9.69. The normalized spacial score (nSPS) is 38.4. The first kappa shape index (κ1) is 32.2. The lowest BCUT2D eigenvalue weighted by molar-refractivity contribution is -0.166. The van der Waals surface area contributed by atoms with Crippen LogP contribution in [0.1, 0.15) is 129 Å². The Balaban J connectivity index is 1.66. The maximum absolute atomic E-state index is 12.7. The zero-order valence-electron chi connectivity index (χ0n) is 28.0. The predicted molar refractivity (Wildman–Crippen MR) is 173 cm³/mol. The first-order chi connectivity index (χ1) is 19.8. The van der Waals surface area contributed by atoms with E-state index < -0.39 is 11.6 Å². The summed E-state index contributed by atoms with van der Waals surface area (Å²) in [5, 5.41) is 11.7. The summed E-state index contributed by atoms with van der Waals surface area (Å²) in [7, 11) is 0. The van der Waals surface area contributed by atoms with E-state index in [9.17, 15) is 14.7 Å². The summed E-state index contributed by atoms with van der Waals surface area (Å²) in [6.45, 7) is 21.8. The summed E-state index contributed by atoms with van der Waals surface area (Å²) in [5.74, 6) is 0.391. The number of nitrogens with two attached hydrogens (primary N) is 1. The van der Waals surface area contributed by atoms with Crippen molar-refractivity contribution < 1.29 is 24.2 Å². The molecular weight excluding hydrogens is 558 g/mol. The van der Waals surface area contributed by atoms with Crippen molar-refractivity contribution >= 4 is 23.8 Å². The molecule has 0 saturated heterocycles. The van der Waals surface area contributed by atoms with Crippen LogP contribution in [0.5, 0.6) is 11.5 Å². The minimum Gasteiger partial charge on any atom is -0.504 e. The van der Waals surface area contributed by atoms with Crippen molar-refractivity contribution in [1.29, 1.82) is 0 Å². The lowest BCUT2D eigenvalue weighted by Crippen LogP contribution is -2.63. The molecule has 1 aromatic rings. The van der Waals surface area contributed by atoms with Gasteiger partial charge in [-0.3, -0.25) is 4.79 Å². The van der Waals surface area contributed by atoms with Gasteiger partial charge in [-0.2, -0.15) is 0 Å². The quantitative estimate of drug-likeness (QED) is 0.196. The highest BCUT2D eigenvalue weighted by molar-refractivity contribution is 8.00. The summed E-state index contributed by atoms with van der Waals surface area (Å²) in [6, 6.07) is 1.92. The molecular formula is C36H53NO5S. The van der Waals surface area contributed by atoms with E-state index in [4.69, 9.17) is 15.2 Å². The lowest BCUT2D eigenvalue weighted by Gasteiger charge is -2.70. The van der Waals surface area contributed by atoms with E-state index in [-0.39, 0.29) is 50.4 Å². The summed E-state index contributed by atoms with van der Waals surface area (Å²) < 4.78 is 10.9. The number of fused-ring (bicyclic) bond motifs is 7. The van der Waals surface area contributed by atoms with E-state index in [0.717, 1.165) is 61.6 Å². The van der Waals surface area contributed by atoms with E-state index in [2.05, 4.69) is 54.5 Å². The molecule has 4 aliphatic carbocycles. The number of phenols is 1. The molecule has 1 amide bonds. The molecule has 238 valence electrons. The number of phenolic OH excluding ortho intramolecular Hbond substituents is 1. The summed E-state index contributed by atoms with van der Waals surface area (Å²) in [6.07, 6.45) is 8.35. The SMILES string of the molecule is Cc1c(O)c(OC(=O)OC(C)C)cc2c1C(SC(C)C)C=C1[C@@]2(C)CC[C@@]2(C)[C@@H]3C[C@](C)(C(N)=O)CC[C@]3(C)CC[C@]12C. The van der Waals surface area contributed by atoms with Gasteiger partial charge in [0.05, 0.1) is 6.10 Å². The Morgan fingerprint density at radius 3 is 2.26 bits per heavy atom. The number of amides is 1. The predicted octanol–water partition coefficient (Wildman–Crippen LogP) is 8.90. The van der Waals surface area contributed by atoms with Crippen molar-refractivity contribution in [3.8, 4) is 11.5 Å². The first-order valence-electron chi connectivity index (χ1n) is 16.2. The summed E-state index contributed by atoms with van der Waals surface area (Å²) in [4.78, 5) is 25.3. The minimum atomic E-state index is -0.806. The second-order valence-corrected chi connectivity index (χ2v) is 17.7. The molecule has 43 heavy (non-hydrogen) atoms. The van der Waals surface area contributed by atoms with Gasteiger partial charge in [0.25, 0.3) is 0 Å². The maximum atomic E-state index is 12.7. The Labute approximate surface area is 262 Å². The molecule has 3 fully saturated rings. The molecule has 0 bridgehead atoms. The number of carbonyl (C=O) groups is 2. The third-order valence-electron chi connectivity index (χ3n) is 12.6. The molecule has 5 rings (SSSR count). The molecule has 0 heterocycles. The van der Waals surface area contributed by atoms with E-state index in [1.165, 1.54) is 5.57 Å². The van der Waals surface area contributed by atoms with Gasteiger partial charge in [0.15, 0.2) is 11.5 Å². The van der Waals surface area contributed by atoms with Crippen molar-refractivity contribution in [2.45, 2.75) is 136 Å². The van der Waals surface area contributed by atoms with Gasteiger partial charge < -0.3 is 20.3 Å². The van der Waals surface area contributed by atoms with Crippen LogP contribution in [0.3, 0.4) is 0 Å². The van der Waals surface area contributed by atoms with Crippen LogP contribution < -0.4 is 10.5 Å². The Bertz CT molecular complexity index is 1370. The van der Waals surface area contributed by atoms with Crippen molar-refractivity contribution in [1.82, 2.24) is 0 Å². The first-order valence-corrected chi connectivity index (χ1v) is 17.2. The van der Waals surface area contributed by atoms with E-state index in [1.54, 1.807) is 13.8 Å². The fraction of sp³-hybridized carbons (Fsp3) is 0.722. The minimum absolute atomic E-state index is 0.000607. The van der Waals surface area contributed by atoms with Crippen LogP contribution in [0.2, 0.25) is 0 Å². The second-order valence-electron chi connectivity index (χ2n) is 15.9. The molecule has 1 aromatic carbocycles. The molecule has 7 atom stereocenters. The average Bonchev–Trinajstić information content (AvgIpc) is 2.90. The van der Waals surface area contributed by atoms with Gasteiger partial charge in [-0.25, -0.2) is 4.79 Å². The van der Waals surface area contributed by atoms with Gasteiger partial charge in [-0.05, 0) is 116 Å². The number of ether oxygens (including phenoxy) is 2. The molecule has 3 N–H and O–H groups in total. The highest BCUT2D eigenvalue weighted by Crippen LogP contribution is 2.75. The highest BCUT2D eigenvalue weighted by atomic mass is 32.2. The zero-order valence-corrected chi connectivity index (χ0v) is 28.8. The molecule has 3 saturated carbocycles. The number of rotatable bonds is 5. The van der Waals surface area contributed by atoms with Crippen molar-refractivity contribution in [3.05, 3.63) is 34.4 Å². The largest absolute Gasteiger partial charge is 0.514 e. The van der Waals surface area contributed by atoms with Crippen LogP contribution in [0.25, 0.3) is 0 Å². The number of aromatic hydroxyl groups is 1. The Morgan fingerprint density at radius 1 is 1.00 bits per heavy atom.